The molecular weight excluding hydrogens is 240 g/mol. The fourth-order valence-electron chi connectivity index (χ4n) is 1.69. The average Bonchev–Trinajstić information content (AvgIpc) is 2.39. The first kappa shape index (κ1) is 15.5. The molecule has 1 atom stereocenters. The molecule has 0 aliphatic carbocycles. The van der Waals surface area contributed by atoms with Gasteiger partial charge in [-0.15, -0.1) is 0 Å². The van der Waals surface area contributed by atoms with Gasteiger partial charge in [0, 0.05) is 6.54 Å². The van der Waals surface area contributed by atoms with E-state index in [-0.39, 0.29) is 11.8 Å². The fraction of sp³-hybridized carbons (Fsp3) is 0.533. The summed E-state index contributed by atoms with van der Waals surface area (Å²) in [4.78, 5) is 12.4. The third kappa shape index (κ3) is 3.70. The zero-order valence-corrected chi connectivity index (χ0v) is 12.2. The van der Waals surface area contributed by atoms with Gasteiger partial charge in [-0.25, -0.2) is 0 Å². The lowest BCUT2D eigenvalue weighted by molar-refractivity contribution is 0.0879. The highest BCUT2D eigenvalue weighted by molar-refractivity contribution is 5.97. The van der Waals surface area contributed by atoms with Crippen molar-refractivity contribution in [1.82, 2.24) is 5.32 Å². The van der Waals surface area contributed by atoms with E-state index in [1.54, 1.807) is 12.1 Å². The van der Waals surface area contributed by atoms with Gasteiger partial charge in [0.05, 0.1) is 17.7 Å². The summed E-state index contributed by atoms with van der Waals surface area (Å²) in [5.74, 6) is 0.706. The minimum Gasteiger partial charge on any atom is -0.493 e. The Balaban J connectivity index is 2.95. The van der Waals surface area contributed by atoms with Crippen LogP contribution in [-0.2, 0) is 0 Å². The number of ether oxygens (including phenoxy) is 1. The van der Waals surface area contributed by atoms with E-state index in [0.717, 1.165) is 0 Å². The molecule has 0 aliphatic rings. The van der Waals surface area contributed by atoms with Crippen LogP contribution in [0.4, 0.5) is 0 Å². The van der Waals surface area contributed by atoms with Gasteiger partial charge in [0.25, 0.3) is 5.91 Å². The topological polar surface area (TPSA) is 64.3 Å². The Morgan fingerprint density at radius 3 is 2.58 bits per heavy atom. The van der Waals surface area contributed by atoms with Crippen LogP contribution in [0.3, 0.4) is 0 Å². The van der Waals surface area contributed by atoms with Crippen LogP contribution in [0.15, 0.2) is 24.3 Å². The van der Waals surface area contributed by atoms with E-state index in [0.29, 0.717) is 24.5 Å². The van der Waals surface area contributed by atoms with Crippen molar-refractivity contribution >= 4 is 5.91 Å². The van der Waals surface area contributed by atoms with Crippen LogP contribution in [0.5, 0.6) is 5.75 Å². The van der Waals surface area contributed by atoms with E-state index in [4.69, 9.17) is 10.5 Å². The third-order valence-corrected chi connectivity index (χ3v) is 3.53. The third-order valence-electron chi connectivity index (χ3n) is 3.53. The number of carbonyl (C=O) groups is 1. The van der Waals surface area contributed by atoms with Crippen molar-refractivity contribution in [2.45, 2.75) is 33.2 Å². The fourth-order valence-corrected chi connectivity index (χ4v) is 1.69. The van der Waals surface area contributed by atoms with Crippen LogP contribution in [0.25, 0.3) is 0 Å². The Morgan fingerprint density at radius 2 is 2.05 bits per heavy atom. The molecule has 4 heteroatoms. The van der Waals surface area contributed by atoms with E-state index in [1.165, 1.54) is 0 Å². The maximum Gasteiger partial charge on any atom is 0.255 e. The monoisotopic (exact) mass is 264 g/mol. The number of hydrogen-bond donors (Lipinski definition) is 2. The van der Waals surface area contributed by atoms with Gasteiger partial charge in [0.15, 0.2) is 0 Å². The highest BCUT2D eigenvalue weighted by atomic mass is 16.5. The second-order valence-electron chi connectivity index (χ2n) is 5.16. The lowest BCUT2D eigenvalue weighted by atomic mass is 9.88. The van der Waals surface area contributed by atoms with Gasteiger partial charge in [-0.1, -0.05) is 26.0 Å². The van der Waals surface area contributed by atoms with Crippen molar-refractivity contribution in [3.63, 3.8) is 0 Å². The Labute approximate surface area is 115 Å². The molecule has 0 aliphatic heterocycles. The number of nitrogens with two attached hydrogens (primary N) is 1. The first-order valence-electron chi connectivity index (χ1n) is 6.69. The van der Waals surface area contributed by atoms with Crippen LogP contribution in [0, 0.1) is 5.92 Å². The Bertz CT molecular complexity index is 432. The van der Waals surface area contributed by atoms with Crippen LogP contribution in [0.2, 0.25) is 0 Å². The summed E-state index contributed by atoms with van der Waals surface area (Å²) in [6, 6.07) is 7.24. The molecule has 0 spiro atoms. The molecule has 1 aromatic carbocycles. The summed E-state index contributed by atoms with van der Waals surface area (Å²) >= 11 is 0. The van der Waals surface area contributed by atoms with Crippen LogP contribution in [-0.4, -0.2) is 24.6 Å². The molecule has 0 saturated carbocycles. The maximum atomic E-state index is 12.4. The number of benzene rings is 1. The zero-order chi connectivity index (χ0) is 14.5. The first-order chi connectivity index (χ1) is 8.94. The van der Waals surface area contributed by atoms with Crippen molar-refractivity contribution in [3.8, 4) is 5.75 Å². The second-order valence-corrected chi connectivity index (χ2v) is 5.16. The molecule has 0 aromatic heterocycles. The predicted octanol–water partition coefficient (Wildman–Crippen LogP) is 2.19. The van der Waals surface area contributed by atoms with E-state index in [1.807, 2.05) is 39.8 Å². The molecule has 0 bridgehead atoms. The van der Waals surface area contributed by atoms with Crippen molar-refractivity contribution in [2.24, 2.45) is 11.7 Å². The van der Waals surface area contributed by atoms with Gasteiger partial charge in [-0.3, -0.25) is 4.79 Å². The Kier molecular flexibility index (Phi) is 5.36. The van der Waals surface area contributed by atoms with Crippen LogP contribution in [0.1, 0.15) is 38.1 Å². The number of para-hydroxylation sites is 1. The molecule has 3 N–H and O–H groups in total. The lowest BCUT2D eigenvalue weighted by Gasteiger charge is -2.33. The van der Waals surface area contributed by atoms with Gasteiger partial charge in [-0.2, -0.15) is 0 Å². The molecule has 1 amide bonds. The normalized spacial score (nSPS) is 14.0. The van der Waals surface area contributed by atoms with E-state index in [9.17, 15) is 4.79 Å². The Hall–Kier alpha value is -1.55. The molecule has 1 aromatic rings. The molecule has 1 unspecified atom stereocenters. The number of nitrogens with one attached hydrogen (secondary N) is 1. The van der Waals surface area contributed by atoms with Crippen LogP contribution >= 0.6 is 0 Å². The zero-order valence-electron chi connectivity index (χ0n) is 12.2. The van der Waals surface area contributed by atoms with E-state index >= 15 is 0 Å². The average molecular weight is 264 g/mol. The summed E-state index contributed by atoms with van der Waals surface area (Å²) in [6.45, 7) is 8.87. The lowest BCUT2D eigenvalue weighted by Crippen LogP contribution is -2.55. The molecule has 1 rings (SSSR count). The van der Waals surface area contributed by atoms with Gasteiger partial charge in [-0.05, 0) is 31.9 Å². The smallest absolute Gasteiger partial charge is 0.255 e. The maximum absolute atomic E-state index is 12.4. The van der Waals surface area contributed by atoms with E-state index < -0.39 is 5.54 Å². The molecule has 0 fully saturated rings. The first-order valence-corrected chi connectivity index (χ1v) is 6.69. The number of rotatable bonds is 6. The van der Waals surface area contributed by atoms with Gasteiger partial charge in [0.1, 0.15) is 5.75 Å². The largest absolute Gasteiger partial charge is 0.493 e. The highest BCUT2D eigenvalue weighted by Gasteiger charge is 2.29. The van der Waals surface area contributed by atoms with Crippen molar-refractivity contribution in [2.75, 3.05) is 13.2 Å². The van der Waals surface area contributed by atoms with E-state index in [2.05, 4.69) is 5.32 Å². The van der Waals surface area contributed by atoms with Gasteiger partial charge in [0.2, 0.25) is 0 Å². The van der Waals surface area contributed by atoms with Gasteiger partial charge >= 0.3 is 0 Å². The molecule has 0 radical (unpaired) electrons. The SMILES string of the molecule is CCOc1ccccc1C(=O)NC(C)(CN)C(C)C. The minimum absolute atomic E-state index is 0.147. The van der Waals surface area contributed by atoms with Crippen molar-refractivity contribution < 1.29 is 9.53 Å². The molecule has 0 heterocycles. The van der Waals surface area contributed by atoms with Crippen LogP contribution < -0.4 is 15.8 Å². The summed E-state index contributed by atoms with van der Waals surface area (Å²) in [5.41, 5.74) is 5.91. The second kappa shape index (κ2) is 6.57. The molecular formula is C15H24N2O2. The van der Waals surface area contributed by atoms with Gasteiger partial charge < -0.3 is 15.8 Å². The molecule has 4 nitrogen and oxygen atoms in total. The summed E-state index contributed by atoms with van der Waals surface area (Å²) in [7, 11) is 0. The quantitative estimate of drug-likeness (QED) is 0.827. The Morgan fingerprint density at radius 1 is 1.42 bits per heavy atom. The summed E-state index contributed by atoms with van der Waals surface area (Å²) in [6.07, 6.45) is 0. The minimum atomic E-state index is -0.420. The highest BCUT2D eigenvalue weighted by Crippen LogP contribution is 2.21. The molecule has 19 heavy (non-hydrogen) atoms. The number of carbonyl (C=O) groups excluding carboxylic acids is 1. The standard InChI is InChI=1S/C15H24N2O2/c1-5-19-13-9-7-6-8-12(13)14(18)17-15(4,10-16)11(2)3/h6-9,11H,5,10,16H2,1-4H3,(H,17,18). The summed E-state index contributed by atoms with van der Waals surface area (Å²) in [5, 5.41) is 3.01. The summed E-state index contributed by atoms with van der Waals surface area (Å²) < 4.78 is 5.47. The molecule has 0 saturated heterocycles. The van der Waals surface area contributed by atoms with Crippen molar-refractivity contribution in [1.29, 1.82) is 0 Å². The number of hydrogen-bond acceptors (Lipinski definition) is 3. The predicted molar refractivity (Wildman–Crippen MR) is 77.4 cm³/mol. The molecule has 106 valence electrons. The number of amides is 1. The van der Waals surface area contributed by atoms with Crippen molar-refractivity contribution in [3.05, 3.63) is 29.8 Å².